The lowest BCUT2D eigenvalue weighted by Gasteiger charge is -2.05. The summed E-state index contributed by atoms with van der Waals surface area (Å²) in [5, 5.41) is 0. The Morgan fingerprint density at radius 1 is 1.64 bits per heavy atom. The Balaban J connectivity index is 2.13. The van der Waals surface area contributed by atoms with Crippen LogP contribution in [0.3, 0.4) is 0 Å². The average Bonchev–Trinajstić information content (AvgIpc) is 2.81. The summed E-state index contributed by atoms with van der Waals surface area (Å²) in [6, 6.07) is 0. The van der Waals surface area contributed by atoms with E-state index in [1.54, 1.807) is 0 Å². The van der Waals surface area contributed by atoms with Crippen LogP contribution in [0.2, 0.25) is 0 Å². The van der Waals surface area contributed by atoms with Crippen LogP contribution >= 0.6 is 0 Å². The summed E-state index contributed by atoms with van der Waals surface area (Å²) in [6.45, 7) is 5.84. The van der Waals surface area contributed by atoms with Crippen molar-refractivity contribution in [3.63, 3.8) is 0 Å². The van der Waals surface area contributed by atoms with Crippen molar-refractivity contribution in [3.05, 3.63) is 11.8 Å². The molecule has 0 aromatic carbocycles. The Morgan fingerprint density at radius 3 is 2.82 bits per heavy atom. The van der Waals surface area contributed by atoms with E-state index in [2.05, 4.69) is 19.9 Å². The summed E-state index contributed by atoms with van der Waals surface area (Å²) in [5.74, 6) is 1.10. The molecule has 0 radical (unpaired) electrons. The molecule has 11 heavy (non-hydrogen) atoms. The maximum Gasteiger partial charge on any atom is 0.116 e. The lowest BCUT2D eigenvalue weighted by molar-refractivity contribution is 0.176. The van der Waals surface area contributed by atoms with Gasteiger partial charge in [-0.15, -0.1) is 0 Å². The molecular weight excluding hydrogens is 140 g/mol. The quantitative estimate of drug-likeness (QED) is 0.449. The Hall–Kier alpha value is -0.500. The monoisotopic (exact) mass is 156 g/mol. The maximum atomic E-state index is 5.49. The summed E-state index contributed by atoms with van der Waals surface area (Å²) in [5.41, 5.74) is 0. The van der Waals surface area contributed by atoms with Gasteiger partial charge in [-0.3, -0.25) is 0 Å². The van der Waals surface area contributed by atoms with E-state index in [1.807, 2.05) is 0 Å². The molecule has 2 heteroatoms. The van der Waals surface area contributed by atoms with Gasteiger partial charge in [0, 0.05) is 6.42 Å². The summed E-state index contributed by atoms with van der Waals surface area (Å²) >= 11 is 0. The lowest BCUT2D eigenvalue weighted by Crippen LogP contribution is -2.00. The predicted octanol–water partition coefficient (Wildman–Crippen LogP) is 2.11. The fraction of sp³-hybridized carbons (Fsp3) is 0.778. The van der Waals surface area contributed by atoms with E-state index in [9.17, 15) is 0 Å². The average molecular weight is 156 g/mol. The molecule has 1 atom stereocenters. The molecule has 64 valence electrons. The second-order valence-corrected chi connectivity index (χ2v) is 2.70. The third-order valence-corrected chi connectivity index (χ3v) is 1.64. The zero-order chi connectivity index (χ0) is 8.10. The van der Waals surface area contributed by atoms with Crippen molar-refractivity contribution >= 4 is 0 Å². The number of rotatable bonds is 5. The third-order valence-electron chi connectivity index (χ3n) is 1.64. The summed E-state index contributed by atoms with van der Waals surface area (Å²) < 4.78 is 10.5. The molecule has 0 N–H and O–H groups in total. The van der Waals surface area contributed by atoms with Crippen LogP contribution in [-0.2, 0) is 9.47 Å². The van der Waals surface area contributed by atoms with Crippen LogP contribution in [0.5, 0.6) is 0 Å². The Bertz CT molecular complexity index is 136. The van der Waals surface area contributed by atoms with Crippen LogP contribution < -0.4 is 0 Å². The van der Waals surface area contributed by atoms with E-state index >= 15 is 0 Å². The molecule has 1 aliphatic heterocycles. The molecule has 0 aromatic heterocycles. The standard InChI is InChI=1S/C9H16O2/c1-3-5-8(4-2)10-6-9-7-11-9/h5,9H,3-4,6-7H2,1-2H3. The highest BCUT2D eigenvalue weighted by molar-refractivity contribution is 4.91. The van der Waals surface area contributed by atoms with Gasteiger partial charge >= 0.3 is 0 Å². The number of hydrogen-bond donors (Lipinski definition) is 0. The van der Waals surface area contributed by atoms with Crippen LogP contribution in [0.4, 0.5) is 0 Å². The van der Waals surface area contributed by atoms with E-state index in [-0.39, 0.29) is 0 Å². The largest absolute Gasteiger partial charge is 0.495 e. The second-order valence-electron chi connectivity index (χ2n) is 2.70. The molecule has 0 spiro atoms. The molecular formula is C9H16O2. The van der Waals surface area contributed by atoms with Gasteiger partial charge in [-0.05, 0) is 12.5 Å². The van der Waals surface area contributed by atoms with E-state index in [1.165, 1.54) is 0 Å². The van der Waals surface area contributed by atoms with E-state index < -0.39 is 0 Å². The molecule has 1 saturated heterocycles. The number of epoxide rings is 1. The molecule has 0 amide bonds. The highest BCUT2D eigenvalue weighted by Gasteiger charge is 2.22. The van der Waals surface area contributed by atoms with E-state index in [0.29, 0.717) is 6.10 Å². The van der Waals surface area contributed by atoms with Crippen molar-refractivity contribution in [2.75, 3.05) is 13.2 Å². The predicted molar refractivity (Wildman–Crippen MR) is 44.4 cm³/mol. The minimum Gasteiger partial charge on any atom is -0.495 e. The Labute approximate surface area is 68.2 Å². The number of allylic oxidation sites excluding steroid dienone is 2. The minimum atomic E-state index is 0.377. The van der Waals surface area contributed by atoms with Gasteiger partial charge in [-0.2, -0.15) is 0 Å². The van der Waals surface area contributed by atoms with Crippen LogP contribution in [0, 0.1) is 0 Å². The minimum absolute atomic E-state index is 0.377. The smallest absolute Gasteiger partial charge is 0.116 e. The van der Waals surface area contributed by atoms with Crippen LogP contribution in [0.1, 0.15) is 26.7 Å². The topological polar surface area (TPSA) is 21.8 Å². The fourth-order valence-electron chi connectivity index (χ4n) is 0.897. The summed E-state index contributed by atoms with van der Waals surface area (Å²) in [7, 11) is 0. The van der Waals surface area contributed by atoms with E-state index in [0.717, 1.165) is 31.8 Å². The first kappa shape index (κ1) is 8.60. The molecule has 0 aliphatic carbocycles. The molecule has 1 heterocycles. The first-order valence-electron chi connectivity index (χ1n) is 4.30. The van der Waals surface area contributed by atoms with Gasteiger partial charge in [0.05, 0.1) is 12.4 Å². The van der Waals surface area contributed by atoms with E-state index in [4.69, 9.17) is 9.47 Å². The first-order chi connectivity index (χ1) is 5.36. The molecule has 0 bridgehead atoms. The number of hydrogen-bond acceptors (Lipinski definition) is 2. The van der Waals surface area contributed by atoms with Gasteiger partial charge in [-0.25, -0.2) is 0 Å². The normalized spacial score (nSPS) is 23.5. The first-order valence-corrected chi connectivity index (χ1v) is 4.30. The summed E-state index contributed by atoms with van der Waals surface area (Å²) in [6.07, 6.45) is 4.54. The van der Waals surface area contributed by atoms with Crippen molar-refractivity contribution in [2.24, 2.45) is 0 Å². The highest BCUT2D eigenvalue weighted by Crippen LogP contribution is 2.12. The second kappa shape index (κ2) is 4.39. The van der Waals surface area contributed by atoms with Gasteiger partial charge in [0.1, 0.15) is 12.7 Å². The molecule has 1 aliphatic rings. The van der Waals surface area contributed by atoms with Crippen LogP contribution in [0.15, 0.2) is 11.8 Å². The van der Waals surface area contributed by atoms with Gasteiger partial charge in [-0.1, -0.05) is 13.8 Å². The number of ether oxygens (including phenoxy) is 2. The van der Waals surface area contributed by atoms with Crippen LogP contribution in [-0.4, -0.2) is 19.3 Å². The zero-order valence-electron chi connectivity index (χ0n) is 7.30. The SMILES string of the molecule is CCC=C(CC)OCC1CO1. The summed E-state index contributed by atoms with van der Waals surface area (Å²) in [4.78, 5) is 0. The molecule has 1 unspecified atom stereocenters. The van der Waals surface area contributed by atoms with Gasteiger partial charge < -0.3 is 9.47 Å². The highest BCUT2D eigenvalue weighted by atomic mass is 16.6. The van der Waals surface area contributed by atoms with Crippen molar-refractivity contribution in [1.82, 2.24) is 0 Å². The van der Waals surface area contributed by atoms with Crippen molar-refractivity contribution in [3.8, 4) is 0 Å². The molecule has 1 rings (SSSR count). The molecule has 2 nitrogen and oxygen atoms in total. The fourth-order valence-corrected chi connectivity index (χ4v) is 0.897. The molecule has 0 saturated carbocycles. The molecule has 0 aromatic rings. The van der Waals surface area contributed by atoms with Crippen molar-refractivity contribution < 1.29 is 9.47 Å². The maximum absolute atomic E-state index is 5.49. The van der Waals surface area contributed by atoms with Gasteiger partial charge in [0.15, 0.2) is 0 Å². The third kappa shape index (κ3) is 3.42. The molecule has 1 fully saturated rings. The van der Waals surface area contributed by atoms with Gasteiger partial charge in [0.25, 0.3) is 0 Å². The van der Waals surface area contributed by atoms with Crippen molar-refractivity contribution in [1.29, 1.82) is 0 Å². The van der Waals surface area contributed by atoms with Gasteiger partial charge in [0.2, 0.25) is 0 Å². The lowest BCUT2D eigenvalue weighted by atomic mass is 10.3. The Morgan fingerprint density at radius 2 is 2.36 bits per heavy atom. The Kier molecular flexibility index (Phi) is 3.43. The zero-order valence-corrected chi connectivity index (χ0v) is 7.30. The van der Waals surface area contributed by atoms with Crippen LogP contribution in [0.25, 0.3) is 0 Å². The van der Waals surface area contributed by atoms with Crippen molar-refractivity contribution in [2.45, 2.75) is 32.8 Å².